The summed E-state index contributed by atoms with van der Waals surface area (Å²) < 4.78 is 2.46. The number of para-hydroxylation sites is 3. The predicted molar refractivity (Wildman–Crippen MR) is 233 cm³/mol. The molecule has 0 atom stereocenters. The minimum atomic E-state index is -0.0871. The monoisotopic (exact) mass is 702 g/mol. The normalized spacial score (nSPS) is 13.1. The fourth-order valence-electron chi connectivity index (χ4n) is 9.44. The van der Waals surface area contributed by atoms with Crippen LogP contribution in [0.15, 0.2) is 194 Å². The van der Waals surface area contributed by atoms with E-state index in [1.165, 1.54) is 88.1 Å². The molecule has 0 saturated carbocycles. The molecule has 0 amide bonds. The molecule has 9 aromatic carbocycles. The van der Waals surface area contributed by atoms with Gasteiger partial charge in [0.25, 0.3) is 0 Å². The van der Waals surface area contributed by atoms with E-state index < -0.39 is 0 Å². The van der Waals surface area contributed by atoms with E-state index in [1.54, 1.807) is 0 Å². The molecule has 11 rings (SSSR count). The molecule has 1 heterocycles. The van der Waals surface area contributed by atoms with Gasteiger partial charge in [0.1, 0.15) is 0 Å². The number of anilines is 3. The maximum absolute atomic E-state index is 2.47. The lowest BCUT2D eigenvalue weighted by Crippen LogP contribution is -2.14. The molecule has 0 aliphatic heterocycles. The Balaban J connectivity index is 1.22. The Hall–Kier alpha value is -6.90. The molecule has 55 heavy (non-hydrogen) atoms. The van der Waals surface area contributed by atoms with E-state index in [4.69, 9.17) is 0 Å². The summed E-state index contributed by atoms with van der Waals surface area (Å²) in [6.07, 6.45) is 0. The van der Waals surface area contributed by atoms with Gasteiger partial charge in [-0.2, -0.15) is 0 Å². The largest absolute Gasteiger partial charge is 0.309 e. The highest BCUT2D eigenvalue weighted by Crippen LogP contribution is 2.52. The number of nitrogens with zero attached hydrogens (tertiary/aromatic N) is 2. The lowest BCUT2D eigenvalue weighted by Gasteiger charge is -2.29. The molecule has 0 saturated heterocycles. The number of hydrogen-bond donors (Lipinski definition) is 0. The molecule has 0 radical (unpaired) electrons. The van der Waals surface area contributed by atoms with Crippen LogP contribution in [0.25, 0.3) is 71.3 Å². The summed E-state index contributed by atoms with van der Waals surface area (Å²) in [7, 11) is 0. The van der Waals surface area contributed by atoms with Crippen molar-refractivity contribution in [3.8, 4) is 27.9 Å². The van der Waals surface area contributed by atoms with Crippen molar-refractivity contribution in [2.75, 3.05) is 4.90 Å². The van der Waals surface area contributed by atoms with Crippen molar-refractivity contribution in [3.63, 3.8) is 0 Å². The van der Waals surface area contributed by atoms with Crippen molar-refractivity contribution in [2.24, 2.45) is 0 Å². The summed E-state index contributed by atoms with van der Waals surface area (Å²) in [6, 6.07) is 71.3. The highest BCUT2D eigenvalue weighted by molar-refractivity contribution is 6.23. The third-order valence-electron chi connectivity index (χ3n) is 11.9. The summed E-state index contributed by atoms with van der Waals surface area (Å²) >= 11 is 0. The van der Waals surface area contributed by atoms with E-state index in [9.17, 15) is 0 Å². The first-order chi connectivity index (χ1) is 27.1. The zero-order chi connectivity index (χ0) is 36.7. The summed E-state index contributed by atoms with van der Waals surface area (Å²) in [4.78, 5) is 2.42. The fraction of sp³-hybridized carbons (Fsp3) is 0.0566. The second-order valence-corrected chi connectivity index (χ2v) is 15.3. The van der Waals surface area contributed by atoms with E-state index in [1.807, 2.05) is 0 Å². The molecule has 0 fully saturated rings. The van der Waals surface area contributed by atoms with E-state index in [0.29, 0.717) is 0 Å². The van der Waals surface area contributed by atoms with Crippen molar-refractivity contribution in [1.29, 1.82) is 0 Å². The molecule has 1 aromatic heterocycles. The lowest BCUT2D eigenvalue weighted by atomic mass is 9.82. The molecule has 0 bridgehead atoms. The molecule has 2 nitrogen and oxygen atoms in total. The molecule has 1 aliphatic rings. The average Bonchev–Trinajstić information content (AvgIpc) is 3.68. The van der Waals surface area contributed by atoms with Gasteiger partial charge in [0.05, 0.1) is 16.7 Å². The topological polar surface area (TPSA) is 8.17 Å². The third-order valence-corrected chi connectivity index (χ3v) is 11.9. The number of rotatable bonds is 5. The molecule has 1 aliphatic carbocycles. The predicted octanol–water partition coefficient (Wildman–Crippen LogP) is 14.5. The number of aromatic nitrogens is 1. The smallest absolute Gasteiger partial charge is 0.0618 e. The van der Waals surface area contributed by atoms with Crippen molar-refractivity contribution in [3.05, 3.63) is 205 Å². The van der Waals surface area contributed by atoms with Crippen molar-refractivity contribution >= 4 is 60.4 Å². The second kappa shape index (κ2) is 12.1. The van der Waals surface area contributed by atoms with Gasteiger partial charge in [-0.15, -0.1) is 0 Å². The zero-order valence-corrected chi connectivity index (χ0v) is 30.9. The van der Waals surface area contributed by atoms with Crippen LogP contribution in [0.1, 0.15) is 25.0 Å². The first kappa shape index (κ1) is 31.6. The Labute approximate surface area is 321 Å². The Morgan fingerprint density at radius 1 is 0.400 bits per heavy atom. The van der Waals surface area contributed by atoms with Gasteiger partial charge < -0.3 is 9.47 Å². The summed E-state index contributed by atoms with van der Waals surface area (Å²) in [5.41, 5.74) is 14.9. The molecule has 2 heteroatoms. The number of fused-ring (bicyclic) bond motifs is 8. The van der Waals surface area contributed by atoms with Gasteiger partial charge in [-0.05, 0) is 105 Å². The minimum Gasteiger partial charge on any atom is -0.309 e. The summed E-state index contributed by atoms with van der Waals surface area (Å²) in [5, 5.41) is 7.43. The van der Waals surface area contributed by atoms with Gasteiger partial charge >= 0.3 is 0 Å². The standard InChI is InChI=1S/C53H38N2/c1-53(2)47-29-17-16-24-39(47)44-33-46-45-32-35(30-31-49(45)55(50(46)34-48(44)53)38-22-10-5-11-23-38)51-40-25-12-14-27-42(40)52(43-28-15-13-26-41(43)51)54(36-18-6-3-7-19-36)37-20-8-4-9-21-37/h3-34H,1-2H3. The Morgan fingerprint density at radius 3 is 1.56 bits per heavy atom. The summed E-state index contributed by atoms with van der Waals surface area (Å²) in [5.74, 6) is 0. The van der Waals surface area contributed by atoms with Crippen LogP contribution in [-0.2, 0) is 5.41 Å². The highest BCUT2D eigenvalue weighted by atomic mass is 15.1. The molecular formula is C53H38N2. The van der Waals surface area contributed by atoms with E-state index in [0.717, 1.165) is 11.4 Å². The van der Waals surface area contributed by atoms with Crippen LogP contribution >= 0.6 is 0 Å². The maximum Gasteiger partial charge on any atom is 0.0618 e. The van der Waals surface area contributed by atoms with Gasteiger partial charge in [0.15, 0.2) is 0 Å². The number of hydrogen-bond acceptors (Lipinski definition) is 1. The Kier molecular flexibility index (Phi) is 6.93. The van der Waals surface area contributed by atoms with Crippen molar-refractivity contribution in [2.45, 2.75) is 19.3 Å². The van der Waals surface area contributed by atoms with Crippen molar-refractivity contribution in [1.82, 2.24) is 4.57 Å². The molecule has 10 aromatic rings. The van der Waals surface area contributed by atoms with E-state index >= 15 is 0 Å². The van der Waals surface area contributed by atoms with Crippen LogP contribution in [-0.4, -0.2) is 4.57 Å². The Morgan fingerprint density at radius 2 is 0.927 bits per heavy atom. The molecule has 260 valence electrons. The average molecular weight is 703 g/mol. The van der Waals surface area contributed by atoms with Gasteiger partial charge in [0, 0.05) is 44.0 Å². The first-order valence-corrected chi connectivity index (χ1v) is 19.2. The lowest BCUT2D eigenvalue weighted by molar-refractivity contribution is 0.661. The third kappa shape index (κ3) is 4.68. The van der Waals surface area contributed by atoms with Crippen LogP contribution in [0, 0.1) is 0 Å². The first-order valence-electron chi connectivity index (χ1n) is 19.2. The van der Waals surface area contributed by atoms with Gasteiger partial charge in [-0.1, -0.05) is 147 Å². The number of benzene rings is 9. The zero-order valence-electron chi connectivity index (χ0n) is 30.9. The quantitative estimate of drug-likeness (QED) is 0.162. The summed E-state index contributed by atoms with van der Waals surface area (Å²) in [6.45, 7) is 4.74. The Bertz CT molecular complexity index is 3000. The van der Waals surface area contributed by atoms with E-state index in [-0.39, 0.29) is 5.41 Å². The second-order valence-electron chi connectivity index (χ2n) is 15.3. The maximum atomic E-state index is 2.47. The van der Waals surface area contributed by atoms with Crippen LogP contribution in [0.4, 0.5) is 17.1 Å². The SMILES string of the molecule is CC1(C)c2ccccc2-c2cc3c4cc(-c5c6ccccc6c(N(c6ccccc6)c6ccccc6)c6ccccc56)ccc4n(-c4ccccc4)c3cc21. The van der Waals surface area contributed by atoms with Gasteiger partial charge in [0.2, 0.25) is 0 Å². The van der Waals surface area contributed by atoms with E-state index in [2.05, 4.69) is 217 Å². The highest BCUT2D eigenvalue weighted by Gasteiger charge is 2.36. The minimum absolute atomic E-state index is 0.0871. The van der Waals surface area contributed by atoms with Crippen LogP contribution < -0.4 is 4.90 Å². The molecule has 0 unspecified atom stereocenters. The molecular weight excluding hydrogens is 665 g/mol. The molecule has 0 N–H and O–H groups in total. The van der Waals surface area contributed by atoms with Crippen molar-refractivity contribution < 1.29 is 0 Å². The molecule has 0 spiro atoms. The van der Waals surface area contributed by atoms with Crippen LogP contribution in [0.3, 0.4) is 0 Å². The van der Waals surface area contributed by atoms with Gasteiger partial charge in [-0.25, -0.2) is 0 Å². The fourth-order valence-corrected chi connectivity index (χ4v) is 9.44. The van der Waals surface area contributed by atoms with Crippen LogP contribution in [0.2, 0.25) is 0 Å². The van der Waals surface area contributed by atoms with Crippen LogP contribution in [0.5, 0.6) is 0 Å². The van der Waals surface area contributed by atoms with Gasteiger partial charge in [-0.3, -0.25) is 0 Å².